The third kappa shape index (κ3) is 12.2. The predicted molar refractivity (Wildman–Crippen MR) is 61.8 cm³/mol. The zero-order chi connectivity index (χ0) is 10.9. The fraction of sp³-hybridized carbons (Fsp3) is 1.00. The van der Waals surface area contributed by atoms with Gasteiger partial charge in [0.05, 0.1) is 5.75 Å². The fourth-order valence-electron chi connectivity index (χ4n) is 1.11. The van der Waals surface area contributed by atoms with Gasteiger partial charge in [0.1, 0.15) is 9.84 Å². The van der Waals surface area contributed by atoms with Crippen LogP contribution in [0.4, 0.5) is 0 Å². The number of sulfone groups is 1. The molecule has 0 rings (SSSR count). The zero-order valence-corrected chi connectivity index (χ0v) is 10.3. The Morgan fingerprint density at radius 2 is 1.71 bits per heavy atom. The molecule has 0 unspecified atom stereocenters. The van der Waals surface area contributed by atoms with Crippen LogP contribution in [0.3, 0.4) is 0 Å². The van der Waals surface area contributed by atoms with Crippen molar-refractivity contribution >= 4 is 21.4 Å². The number of alkyl halides is 1. The van der Waals surface area contributed by atoms with E-state index in [1.54, 1.807) is 0 Å². The van der Waals surface area contributed by atoms with Gasteiger partial charge in [0.15, 0.2) is 0 Å². The molecule has 0 radical (unpaired) electrons. The fourth-order valence-corrected chi connectivity index (χ4v) is 1.96. The summed E-state index contributed by atoms with van der Waals surface area (Å²) in [5.74, 6) is 1.01. The molecule has 0 aliphatic heterocycles. The van der Waals surface area contributed by atoms with Crippen LogP contribution in [-0.2, 0) is 9.84 Å². The summed E-state index contributed by atoms with van der Waals surface area (Å²) in [7, 11) is -2.78. The molecule has 0 aliphatic rings. The molecule has 0 aromatic rings. The summed E-state index contributed by atoms with van der Waals surface area (Å²) in [4.78, 5) is 0. The molecule has 0 aliphatic carbocycles. The lowest BCUT2D eigenvalue weighted by Gasteiger charge is -2.03. The van der Waals surface area contributed by atoms with Crippen LogP contribution in [0.15, 0.2) is 0 Å². The molecule has 1 N–H and O–H groups in total. The minimum Gasteiger partial charge on any atom is -0.317 e. The van der Waals surface area contributed by atoms with Crippen LogP contribution in [0, 0.1) is 0 Å². The van der Waals surface area contributed by atoms with Crippen molar-refractivity contribution in [1.82, 2.24) is 5.32 Å². The second kappa shape index (κ2) is 8.50. The Morgan fingerprint density at radius 1 is 1.07 bits per heavy atom. The second-order valence-corrected chi connectivity index (χ2v) is 6.12. The molecule has 14 heavy (non-hydrogen) atoms. The van der Waals surface area contributed by atoms with Gasteiger partial charge in [-0.05, 0) is 32.4 Å². The lowest BCUT2D eigenvalue weighted by Crippen LogP contribution is -2.19. The van der Waals surface area contributed by atoms with E-state index in [-0.39, 0.29) is 5.75 Å². The van der Waals surface area contributed by atoms with E-state index in [0.717, 1.165) is 38.2 Å². The minimum atomic E-state index is -2.78. The van der Waals surface area contributed by atoms with Crippen molar-refractivity contribution in [3.8, 4) is 0 Å². The van der Waals surface area contributed by atoms with E-state index >= 15 is 0 Å². The van der Waals surface area contributed by atoms with Gasteiger partial charge < -0.3 is 5.32 Å². The van der Waals surface area contributed by atoms with Crippen molar-refractivity contribution in [2.75, 3.05) is 31.0 Å². The van der Waals surface area contributed by atoms with Crippen molar-refractivity contribution in [3.05, 3.63) is 0 Å². The minimum absolute atomic E-state index is 0.279. The summed E-state index contributed by atoms with van der Waals surface area (Å²) < 4.78 is 21.5. The average molecular weight is 242 g/mol. The topological polar surface area (TPSA) is 46.2 Å². The zero-order valence-electron chi connectivity index (χ0n) is 8.76. The molecule has 0 aromatic heterocycles. The lowest BCUT2D eigenvalue weighted by atomic mass is 10.2. The van der Waals surface area contributed by atoms with Crippen molar-refractivity contribution in [1.29, 1.82) is 0 Å². The van der Waals surface area contributed by atoms with E-state index in [4.69, 9.17) is 11.6 Å². The summed E-state index contributed by atoms with van der Waals surface area (Å²) in [6.45, 7) is 1.74. The van der Waals surface area contributed by atoms with Crippen LogP contribution >= 0.6 is 11.6 Å². The van der Waals surface area contributed by atoms with Gasteiger partial charge in [0.25, 0.3) is 0 Å². The van der Waals surface area contributed by atoms with Crippen LogP contribution in [0.2, 0.25) is 0 Å². The first-order valence-corrected chi connectivity index (χ1v) is 7.60. The van der Waals surface area contributed by atoms with Gasteiger partial charge in [-0.15, -0.1) is 11.6 Å². The van der Waals surface area contributed by atoms with Crippen molar-refractivity contribution in [2.45, 2.75) is 25.7 Å². The lowest BCUT2D eigenvalue weighted by molar-refractivity contribution is 0.587. The van der Waals surface area contributed by atoms with Crippen LogP contribution in [0.5, 0.6) is 0 Å². The Balaban J connectivity index is 3.07. The Bertz CT molecular complexity index is 217. The highest BCUT2D eigenvalue weighted by molar-refractivity contribution is 7.90. The molecule has 0 amide bonds. The highest BCUT2D eigenvalue weighted by atomic mass is 35.5. The molecule has 5 heteroatoms. The van der Waals surface area contributed by atoms with Gasteiger partial charge in [-0.3, -0.25) is 0 Å². The molecule has 0 bridgehead atoms. The maximum atomic E-state index is 10.8. The van der Waals surface area contributed by atoms with E-state index in [1.807, 2.05) is 0 Å². The van der Waals surface area contributed by atoms with Gasteiger partial charge in [-0.2, -0.15) is 0 Å². The first-order chi connectivity index (χ1) is 6.56. The number of unbranched alkanes of at least 4 members (excludes halogenated alkanes) is 2. The summed E-state index contributed by atoms with van der Waals surface area (Å²) >= 11 is 5.53. The van der Waals surface area contributed by atoms with Crippen LogP contribution in [0.25, 0.3) is 0 Å². The van der Waals surface area contributed by atoms with E-state index in [2.05, 4.69) is 5.32 Å². The van der Waals surface area contributed by atoms with Crippen LogP contribution in [-0.4, -0.2) is 39.4 Å². The van der Waals surface area contributed by atoms with E-state index in [0.29, 0.717) is 6.42 Å². The summed E-state index contributed by atoms with van der Waals surface area (Å²) in [6, 6.07) is 0. The first-order valence-electron chi connectivity index (χ1n) is 5.00. The Kier molecular flexibility index (Phi) is 8.63. The number of hydrogen-bond acceptors (Lipinski definition) is 3. The summed E-state index contributed by atoms with van der Waals surface area (Å²) in [5.41, 5.74) is 0. The number of hydrogen-bond donors (Lipinski definition) is 1. The monoisotopic (exact) mass is 241 g/mol. The number of halogens is 1. The van der Waals surface area contributed by atoms with Gasteiger partial charge in [-0.1, -0.05) is 6.42 Å². The highest BCUT2D eigenvalue weighted by Crippen LogP contribution is 1.95. The molecule has 0 atom stereocenters. The molecule has 86 valence electrons. The van der Waals surface area contributed by atoms with Crippen molar-refractivity contribution in [2.24, 2.45) is 0 Å². The second-order valence-electron chi connectivity index (χ2n) is 3.48. The van der Waals surface area contributed by atoms with E-state index < -0.39 is 9.84 Å². The third-order valence-electron chi connectivity index (χ3n) is 1.86. The van der Waals surface area contributed by atoms with Crippen molar-refractivity contribution in [3.63, 3.8) is 0 Å². The molecule has 0 spiro atoms. The average Bonchev–Trinajstić information content (AvgIpc) is 2.08. The van der Waals surface area contributed by atoms with Crippen LogP contribution < -0.4 is 5.32 Å². The van der Waals surface area contributed by atoms with E-state index in [9.17, 15) is 8.42 Å². The Hall–Kier alpha value is 0.200. The number of rotatable bonds is 9. The van der Waals surface area contributed by atoms with Crippen molar-refractivity contribution < 1.29 is 8.42 Å². The molecule has 0 aromatic carbocycles. The predicted octanol–water partition coefficient (Wildman–Crippen LogP) is 1.42. The smallest absolute Gasteiger partial charge is 0.147 e. The van der Waals surface area contributed by atoms with Gasteiger partial charge >= 0.3 is 0 Å². The first kappa shape index (κ1) is 14.2. The molecular formula is C9H20ClNO2S. The highest BCUT2D eigenvalue weighted by Gasteiger charge is 1.99. The van der Waals surface area contributed by atoms with Crippen LogP contribution in [0.1, 0.15) is 25.7 Å². The largest absolute Gasteiger partial charge is 0.317 e. The van der Waals surface area contributed by atoms with E-state index in [1.165, 1.54) is 6.26 Å². The molecule has 0 fully saturated rings. The Morgan fingerprint density at radius 3 is 2.29 bits per heavy atom. The molecule has 0 saturated heterocycles. The Labute approximate surface area is 92.1 Å². The molecule has 0 heterocycles. The maximum absolute atomic E-state index is 10.8. The van der Waals surface area contributed by atoms with Gasteiger partial charge in [-0.25, -0.2) is 8.42 Å². The third-order valence-corrected chi connectivity index (χ3v) is 3.15. The standard InChI is InChI=1S/C9H20ClNO2S/c1-14(12,13)9-5-8-11-7-4-2-3-6-10/h11H,2-9H2,1H3. The molecule has 3 nitrogen and oxygen atoms in total. The normalized spacial score (nSPS) is 11.9. The molecular weight excluding hydrogens is 222 g/mol. The van der Waals surface area contributed by atoms with Gasteiger partial charge in [0.2, 0.25) is 0 Å². The maximum Gasteiger partial charge on any atom is 0.147 e. The van der Waals surface area contributed by atoms with Gasteiger partial charge in [0, 0.05) is 12.1 Å². The number of nitrogens with one attached hydrogen (secondary N) is 1. The molecule has 0 saturated carbocycles. The quantitative estimate of drug-likeness (QED) is 0.491. The SMILES string of the molecule is CS(=O)(=O)CCCNCCCCCCl. The summed E-state index contributed by atoms with van der Waals surface area (Å²) in [6.07, 6.45) is 5.29. The summed E-state index contributed by atoms with van der Waals surface area (Å²) in [5, 5.41) is 3.21.